The van der Waals surface area contributed by atoms with Gasteiger partial charge in [0.05, 0.1) is 11.8 Å². The normalized spacial score (nSPS) is 18.4. The van der Waals surface area contributed by atoms with Gasteiger partial charge in [0.1, 0.15) is 0 Å². The molecule has 0 saturated carbocycles. The Labute approximate surface area is 102 Å². The second kappa shape index (κ2) is 5.68. The summed E-state index contributed by atoms with van der Waals surface area (Å²) >= 11 is 0. The molecule has 1 fully saturated rings. The maximum absolute atomic E-state index is 6.00. The number of benzene rings is 1. The summed E-state index contributed by atoms with van der Waals surface area (Å²) in [4.78, 5) is 6.53. The van der Waals surface area contributed by atoms with Crippen LogP contribution in [0.15, 0.2) is 35.3 Å². The minimum absolute atomic E-state index is 0.371. The fourth-order valence-corrected chi connectivity index (χ4v) is 2.03. The maximum atomic E-state index is 6.00. The summed E-state index contributed by atoms with van der Waals surface area (Å²) in [5, 5.41) is 0. The molecular weight excluding hydrogens is 214 g/mol. The molecule has 0 aliphatic carbocycles. The van der Waals surface area contributed by atoms with Crippen molar-refractivity contribution in [2.75, 3.05) is 20.2 Å². The van der Waals surface area contributed by atoms with Crippen LogP contribution in [0.3, 0.4) is 0 Å². The van der Waals surface area contributed by atoms with Crippen molar-refractivity contribution in [1.29, 1.82) is 0 Å². The molecule has 2 N–H and O–H groups in total. The molecular formula is C13H19N3O. The molecule has 0 aromatic heterocycles. The quantitative estimate of drug-likeness (QED) is 0.625. The van der Waals surface area contributed by atoms with Crippen LogP contribution in [0.2, 0.25) is 0 Å². The van der Waals surface area contributed by atoms with Crippen molar-refractivity contribution in [2.45, 2.75) is 18.9 Å². The lowest BCUT2D eigenvalue weighted by molar-refractivity contribution is 0.0576. The number of rotatable bonds is 2. The van der Waals surface area contributed by atoms with Crippen molar-refractivity contribution < 1.29 is 4.74 Å². The van der Waals surface area contributed by atoms with Gasteiger partial charge in [-0.1, -0.05) is 18.2 Å². The highest BCUT2D eigenvalue weighted by atomic mass is 16.5. The molecule has 1 aliphatic heterocycles. The number of nitrogens with two attached hydrogens (primary N) is 1. The third kappa shape index (κ3) is 3.20. The first-order valence-electron chi connectivity index (χ1n) is 5.96. The Balaban J connectivity index is 1.97. The van der Waals surface area contributed by atoms with Gasteiger partial charge in [-0.3, -0.25) is 0 Å². The van der Waals surface area contributed by atoms with Crippen LogP contribution in [0.5, 0.6) is 0 Å². The van der Waals surface area contributed by atoms with Crippen LogP contribution in [0, 0.1) is 0 Å². The van der Waals surface area contributed by atoms with E-state index in [9.17, 15) is 0 Å². The predicted molar refractivity (Wildman–Crippen MR) is 69.3 cm³/mol. The summed E-state index contributed by atoms with van der Waals surface area (Å²) < 4.78 is 5.33. The minimum atomic E-state index is 0.371. The topological polar surface area (TPSA) is 50.9 Å². The number of likely N-dealkylation sites (tertiary alicyclic amines) is 1. The average Bonchev–Trinajstić information content (AvgIpc) is 2.40. The Bertz CT molecular complexity index is 370. The van der Waals surface area contributed by atoms with Gasteiger partial charge in [0.2, 0.25) is 0 Å². The van der Waals surface area contributed by atoms with Crippen LogP contribution >= 0.6 is 0 Å². The summed E-state index contributed by atoms with van der Waals surface area (Å²) in [5.74, 6) is 0.603. The molecule has 0 atom stereocenters. The summed E-state index contributed by atoms with van der Waals surface area (Å²) in [6, 6.07) is 9.80. The second-order valence-electron chi connectivity index (χ2n) is 4.23. The zero-order valence-electron chi connectivity index (χ0n) is 10.2. The molecule has 0 spiro atoms. The molecule has 4 heteroatoms. The highest BCUT2D eigenvalue weighted by molar-refractivity contribution is 5.81. The van der Waals surface area contributed by atoms with Crippen LogP contribution < -0.4 is 5.73 Å². The molecule has 0 amide bonds. The standard InChI is InChI=1S/C13H19N3O/c1-17-12-7-9-16(10-8-12)13(14)15-11-5-3-2-4-6-11/h2-6,12H,7-10H2,1H3,(H2,14,15). The number of nitrogens with zero attached hydrogens (tertiary/aromatic N) is 2. The van der Waals surface area contributed by atoms with Crippen LogP contribution in [-0.4, -0.2) is 37.2 Å². The zero-order valence-corrected chi connectivity index (χ0v) is 10.2. The van der Waals surface area contributed by atoms with Gasteiger partial charge in [0.15, 0.2) is 5.96 Å². The Morgan fingerprint density at radius 3 is 2.53 bits per heavy atom. The van der Waals surface area contributed by atoms with Gasteiger partial charge < -0.3 is 15.4 Å². The van der Waals surface area contributed by atoms with E-state index in [0.29, 0.717) is 12.1 Å². The number of hydrogen-bond acceptors (Lipinski definition) is 2. The summed E-state index contributed by atoms with van der Waals surface area (Å²) in [6.07, 6.45) is 2.40. The molecule has 1 aromatic rings. The summed E-state index contributed by atoms with van der Waals surface area (Å²) in [6.45, 7) is 1.83. The van der Waals surface area contributed by atoms with E-state index in [-0.39, 0.29) is 0 Å². The Kier molecular flexibility index (Phi) is 3.98. The molecule has 17 heavy (non-hydrogen) atoms. The van der Waals surface area contributed by atoms with Crippen LogP contribution in [0.1, 0.15) is 12.8 Å². The highest BCUT2D eigenvalue weighted by Crippen LogP contribution is 2.15. The lowest BCUT2D eigenvalue weighted by atomic mass is 10.1. The van der Waals surface area contributed by atoms with Crippen LogP contribution in [0.4, 0.5) is 5.69 Å². The number of aliphatic imine (C=N–C) groups is 1. The summed E-state index contributed by atoms with van der Waals surface area (Å²) in [5.41, 5.74) is 6.90. The van der Waals surface area contributed by atoms with Gasteiger partial charge in [-0.25, -0.2) is 4.99 Å². The molecule has 1 heterocycles. The van der Waals surface area contributed by atoms with Gasteiger partial charge in [-0.15, -0.1) is 0 Å². The van der Waals surface area contributed by atoms with E-state index in [1.165, 1.54) is 0 Å². The fourth-order valence-electron chi connectivity index (χ4n) is 2.03. The largest absolute Gasteiger partial charge is 0.381 e. The first-order valence-corrected chi connectivity index (χ1v) is 5.96. The monoisotopic (exact) mass is 233 g/mol. The molecule has 2 rings (SSSR count). The predicted octanol–water partition coefficient (Wildman–Crippen LogP) is 1.74. The number of guanidine groups is 1. The lowest BCUT2D eigenvalue weighted by Gasteiger charge is -2.31. The number of para-hydroxylation sites is 1. The molecule has 4 nitrogen and oxygen atoms in total. The fraction of sp³-hybridized carbons (Fsp3) is 0.462. The Morgan fingerprint density at radius 1 is 1.29 bits per heavy atom. The van der Waals surface area contributed by atoms with E-state index in [1.54, 1.807) is 7.11 Å². The van der Waals surface area contributed by atoms with Crippen molar-refractivity contribution >= 4 is 11.6 Å². The van der Waals surface area contributed by atoms with Gasteiger partial charge in [0, 0.05) is 20.2 Å². The summed E-state index contributed by atoms with van der Waals surface area (Å²) in [7, 11) is 1.77. The van der Waals surface area contributed by atoms with Crippen LogP contribution in [-0.2, 0) is 4.74 Å². The lowest BCUT2D eigenvalue weighted by Crippen LogP contribution is -2.44. The molecule has 0 bridgehead atoms. The van der Waals surface area contributed by atoms with E-state index in [0.717, 1.165) is 31.6 Å². The molecule has 0 unspecified atom stereocenters. The van der Waals surface area contributed by atoms with E-state index in [1.807, 2.05) is 30.3 Å². The zero-order chi connectivity index (χ0) is 12.1. The van der Waals surface area contributed by atoms with Crippen molar-refractivity contribution in [3.05, 3.63) is 30.3 Å². The maximum Gasteiger partial charge on any atom is 0.196 e. The van der Waals surface area contributed by atoms with Crippen molar-refractivity contribution in [2.24, 2.45) is 10.7 Å². The molecule has 1 saturated heterocycles. The second-order valence-corrected chi connectivity index (χ2v) is 4.23. The molecule has 92 valence electrons. The first-order chi connectivity index (χ1) is 8.29. The first kappa shape index (κ1) is 11.9. The third-order valence-corrected chi connectivity index (χ3v) is 3.10. The van der Waals surface area contributed by atoms with Crippen molar-refractivity contribution in [1.82, 2.24) is 4.90 Å². The third-order valence-electron chi connectivity index (χ3n) is 3.10. The van der Waals surface area contributed by atoms with Crippen molar-refractivity contribution in [3.63, 3.8) is 0 Å². The minimum Gasteiger partial charge on any atom is -0.381 e. The Morgan fingerprint density at radius 2 is 1.94 bits per heavy atom. The van der Waals surface area contributed by atoms with E-state index >= 15 is 0 Å². The smallest absolute Gasteiger partial charge is 0.196 e. The Hall–Kier alpha value is -1.55. The van der Waals surface area contributed by atoms with E-state index in [2.05, 4.69) is 9.89 Å². The van der Waals surface area contributed by atoms with E-state index < -0.39 is 0 Å². The van der Waals surface area contributed by atoms with E-state index in [4.69, 9.17) is 10.5 Å². The number of piperidine rings is 1. The van der Waals surface area contributed by atoms with Gasteiger partial charge in [0.25, 0.3) is 0 Å². The van der Waals surface area contributed by atoms with Gasteiger partial charge in [-0.2, -0.15) is 0 Å². The molecule has 0 radical (unpaired) electrons. The number of ether oxygens (including phenoxy) is 1. The molecule has 1 aliphatic rings. The number of methoxy groups -OCH3 is 1. The molecule has 1 aromatic carbocycles. The van der Waals surface area contributed by atoms with Crippen LogP contribution in [0.25, 0.3) is 0 Å². The van der Waals surface area contributed by atoms with Gasteiger partial charge in [-0.05, 0) is 25.0 Å². The SMILES string of the molecule is COC1CCN(C(N)=Nc2ccccc2)CC1. The highest BCUT2D eigenvalue weighted by Gasteiger charge is 2.19. The van der Waals surface area contributed by atoms with Crippen molar-refractivity contribution in [3.8, 4) is 0 Å². The van der Waals surface area contributed by atoms with Gasteiger partial charge >= 0.3 is 0 Å². The average molecular weight is 233 g/mol. The number of hydrogen-bond donors (Lipinski definition) is 1.